The van der Waals surface area contributed by atoms with E-state index in [1.54, 1.807) is 0 Å². The summed E-state index contributed by atoms with van der Waals surface area (Å²) < 4.78 is 7.26. The first-order valence-corrected chi connectivity index (χ1v) is 8.55. The van der Waals surface area contributed by atoms with Crippen LogP contribution < -0.4 is 10.1 Å². The average Bonchev–Trinajstić information content (AvgIpc) is 3.21. The van der Waals surface area contributed by atoms with Crippen LogP contribution in [0.1, 0.15) is 57.9 Å². The summed E-state index contributed by atoms with van der Waals surface area (Å²) in [4.78, 5) is 0. The predicted molar refractivity (Wildman–Crippen MR) is 88.6 cm³/mol. The molecule has 1 saturated carbocycles. The Kier molecular flexibility index (Phi) is 5.91. The maximum Gasteiger partial charge on any atom is 0.123 e. The van der Waals surface area contributed by atoms with Crippen LogP contribution in [0.3, 0.4) is 0 Å². The number of hydrogen-bond donors (Lipinski definition) is 1. The van der Waals surface area contributed by atoms with E-state index in [4.69, 9.17) is 4.74 Å². The molecule has 1 aromatic carbocycles. The average molecular weight is 340 g/mol. The van der Waals surface area contributed by atoms with Gasteiger partial charge in [-0.1, -0.05) is 29.8 Å². The Morgan fingerprint density at radius 2 is 2.05 bits per heavy atom. The zero-order chi connectivity index (χ0) is 14.5. The van der Waals surface area contributed by atoms with E-state index < -0.39 is 0 Å². The highest BCUT2D eigenvalue weighted by atomic mass is 79.9. The largest absolute Gasteiger partial charge is 0.490 e. The van der Waals surface area contributed by atoms with Crippen molar-refractivity contribution in [1.82, 2.24) is 5.32 Å². The molecule has 112 valence electrons. The molecule has 1 aliphatic rings. The molecule has 0 aliphatic heterocycles. The molecule has 1 unspecified atom stereocenters. The Morgan fingerprint density at radius 3 is 2.70 bits per heavy atom. The first-order chi connectivity index (χ1) is 9.56. The van der Waals surface area contributed by atoms with Crippen LogP contribution in [-0.4, -0.2) is 18.7 Å². The van der Waals surface area contributed by atoms with Gasteiger partial charge in [-0.25, -0.2) is 0 Å². The molecule has 0 saturated heterocycles. The third-order valence-electron chi connectivity index (χ3n) is 3.72. The van der Waals surface area contributed by atoms with Crippen LogP contribution >= 0.6 is 15.9 Å². The van der Waals surface area contributed by atoms with Crippen molar-refractivity contribution in [3.05, 3.63) is 28.2 Å². The Hall–Kier alpha value is -0.540. The van der Waals surface area contributed by atoms with Crippen molar-refractivity contribution in [2.75, 3.05) is 6.54 Å². The van der Waals surface area contributed by atoms with E-state index in [-0.39, 0.29) is 6.10 Å². The van der Waals surface area contributed by atoms with Crippen LogP contribution in [0.2, 0.25) is 0 Å². The Morgan fingerprint density at radius 1 is 1.30 bits per heavy atom. The van der Waals surface area contributed by atoms with Gasteiger partial charge >= 0.3 is 0 Å². The quantitative estimate of drug-likeness (QED) is 0.682. The van der Waals surface area contributed by atoms with E-state index in [0.29, 0.717) is 5.92 Å². The van der Waals surface area contributed by atoms with Crippen LogP contribution in [0.15, 0.2) is 22.7 Å². The van der Waals surface area contributed by atoms with E-state index in [9.17, 15) is 0 Å². The Balaban J connectivity index is 1.81. The molecule has 0 spiro atoms. The van der Waals surface area contributed by atoms with E-state index in [1.807, 2.05) is 0 Å². The van der Waals surface area contributed by atoms with Crippen LogP contribution in [0.25, 0.3) is 0 Å². The lowest BCUT2D eigenvalue weighted by Gasteiger charge is -2.19. The SMILES string of the molecule is CC(CCCNC1CC1)Oc1ccc(Br)cc1C(C)C. The second-order valence-corrected chi connectivity index (χ2v) is 7.05. The zero-order valence-corrected chi connectivity index (χ0v) is 14.4. The molecule has 1 aliphatic carbocycles. The highest BCUT2D eigenvalue weighted by Crippen LogP contribution is 2.30. The maximum absolute atomic E-state index is 6.14. The fourth-order valence-electron chi connectivity index (χ4n) is 2.34. The lowest BCUT2D eigenvalue weighted by atomic mass is 10.0. The van der Waals surface area contributed by atoms with Gasteiger partial charge < -0.3 is 10.1 Å². The van der Waals surface area contributed by atoms with Gasteiger partial charge in [0.25, 0.3) is 0 Å². The van der Waals surface area contributed by atoms with Crippen molar-refractivity contribution in [2.24, 2.45) is 0 Å². The number of hydrogen-bond acceptors (Lipinski definition) is 2. The zero-order valence-electron chi connectivity index (χ0n) is 12.8. The van der Waals surface area contributed by atoms with Crippen LogP contribution in [0.5, 0.6) is 5.75 Å². The van der Waals surface area contributed by atoms with E-state index in [2.05, 4.69) is 60.2 Å². The molecule has 3 heteroatoms. The third-order valence-corrected chi connectivity index (χ3v) is 4.21. The van der Waals surface area contributed by atoms with E-state index in [0.717, 1.165) is 29.2 Å². The van der Waals surface area contributed by atoms with Gasteiger partial charge in [0, 0.05) is 10.5 Å². The molecule has 1 N–H and O–H groups in total. The number of ether oxygens (including phenoxy) is 1. The maximum atomic E-state index is 6.14. The Labute approximate surface area is 131 Å². The van der Waals surface area contributed by atoms with E-state index in [1.165, 1.54) is 24.8 Å². The lowest BCUT2D eigenvalue weighted by Crippen LogP contribution is -2.20. The smallest absolute Gasteiger partial charge is 0.123 e. The van der Waals surface area contributed by atoms with Crippen molar-refractivity contribution >= 4 is 15.9 Å². The summed E-state index contributed by atoms with van der Waals surface area (Å²) in [5, 5.41) is 3.55. The van der Waals surface area contributed by atoms with Gasteiger partial charge in [-0.2, -0.15) is 0 Å². The second kappa shape index (κ2) is 7.46. The highest BCUT2D eigenvalue weighted by molar-refractivity contribution is 9.10. The molecule has 1 aromatic rings. The van der Waals surface area contributed by atoms with Crippen molar-refractivity contribution in [3.63, 3.8) is 0 Å². The highest BCUT2D eigenvalue weighted by Gasteiger charge is 2.19. The number of benzene rings is 1. The summed E-state index contributed by atoms with van der Waals surface area (Å²) in [7, 11) is 0. The van der Waals surface area contributed by atoms with Gasteiger partial charge in [-0.3, -0.25) is 0 Å². The lowest BCUT2D eigenvalue weighted by molar-refractivity contribution is 0.205. The minimum absolute atomic E-state index is 0.273. The standard InChI is InChI=1S/C17H26BrNO/c1-12(2)16-11-14(18)6-9-17(16)20-13(3)5-4-10-19-15-7-8-15/h6,9,11-13,15,19H,4-5,7-8,10H2,1-3H3. The van der Waals surface area contributed by atoms with Gasteiger partial charge in [-0.05, 0) is 68.8 Å². The topological polar surface area (TPSA) is 21.3 Å². The number of nitrogens with one attached hydrogen (secondary N) is 1. The van der Waals surface area contributed by atoms with Gasteiger partial charge in [0.05, 0.1) is 6.10 Å². The predicted octanol–water partition coefficient (Wildman–Crippen LogP) is 4.87. The van der Waals surface area contributed by atoms with Crippen molar-refractivity contribution in [3.8, 4) is 5.75 Å². The molecule has 0 amide bonds. The molecule has 0 bridgehead atoms. The van der Waals surface area contributed by atoms with Crippen molar-refractivity contribution in [2.45, 2.75) is 64.5 Å². The van der Waals surface area contributed by atoms with Gasteiger partial charge in [0.1, 0.15) is 5.75 Å². The summed E-state index contributed by atoms with van der Waals surface area (Å²) >= 11 is 3.54. The molecule has 0 heterocycles. The molecule has 0 aromatic heterocycles. The fourth-order valence-corrected chi connectivity index (χ4v) is 2.72. The number of halogens is 1. The first-order valence-electron chi connectivity index (χ1n) is 7.75. The van der Waals surface area contributed by atoms with Gasteiger partial charge in [0.2, 0.25) is 0 Å². The fraction of sp³-hybridized carbons (Fsp3) is 0.647. The summed E-state index contributed by atoms with van der Waals surface area (Å²) in [6.45, 7) is 7.71. The normalized spacial score (nSPS) is 16.4. The van der Waals surface area contributed by atoms with Crippen LogP contribution in [0, 0.1) is 0 Å². The monoisotopic (exact) mass is 339 g/mol. The number of rotatable bonds is 8. The molecule has 0 radical (unpaired) electrons. The minimum atomic E-state index is 0.273. The van der Waals surface area contributed by atoms with Gasteiger partial charge in [0.15, 0.2) is 0 Å². The summed E-state index contributed by atoms with van der Waals surface area (Å²) in [5.74, 6) is 1.51. The molecule has 2 rings (SSSR count). The van der Waals surface area contributed by atoms with Crippen LogP contribution in [0.4, 0.5) is 0 Å². The van der Waals surface area contributed by atoms with E-state index >= 15 is 0 Å². The molecular weight excluding hydrogens is 314 g/mol. The summed E-state index contributed by atoms with van der Waals surface area (Å²) in [6.07, 6.45) is 5.29. The minimum Gasteiger partial charge on any atom is -0.490 e. The molecule has 1 fully saturated rings. The summed E-state index contributed by atoms with van der Waals surface area (Å²) in [5.41, 5.74) is 1.28. The van der Waals surface area contributed by atoms with Crippen molar-refractivity contribution in [1.29, 1.82) is 0 Å². The molecule has 1 atom stereocenters. The Bertz CT molecular complexity index is 429. The van der Waals surface area contributed by atoms with Gasteiger partial charge in [-0.15, -0.1) is 0 Å². The molecule has 20 heavy (non-hydrogen) atoms. The second-order valence-electron chi connectivity index (χ2n) is 6.14. The van der Waals surface area contributed by atoms with Crippen LogP contribution in [-0.2, 0) is 0 Å². The molecule has 2 nitrogen and oxygen atoms in total. The van der Waals surface area contributed by atoms with Crippen molar-refractivity contribution < 1.29 is 4.74 Å². The molecular formula is C17H26BrNO. The summed E-state index contributed by atoms with van der Waals surface area (Å²) in [6, 6.07) is 7.12. The first kappa shape index (κ1) is 15.8. The third kappa shape index (κ3) is 5.10.